The zero-order chi connectivity index (χ0) is 19.8. The number of nitro benzene ring substituents is 1. The lowest BCUT2D eigenvalue weighted by atomic mass is 10.2. The van der Waals surface area contributed by atoms with Crippen LogP contribution in [0.1, 0.15) is 10.4 Å². The Labute approximate surface area is 163 Å². The Morgan fingerprint density at radius 2 is 1.70 bits per heavy atom. The number of nitro groups is 1. The Morgan fingerprint density at radius 1 is 1.07 bits per heavy atom. The molecule has 3 N–H and O–H groups in total. The highest BCUT2D eigenvalue weighted by Gasteiger charge is 2.09. The second-order valence-corrected chi connectivity index (χ2v) is 5.85. The van der Waals surface area contributed by atoms with Gasteiger partial charge in [0.1, 0.15) is 5.75 Å². The third kappa shape index (κ3) is 6.53. The topological polar surface area (TPSA) is 123 Å². The molecule has 0 heterocycles. The molecule has 2 amide bonds. The van der Waals surface area contributed by atoms with Gasteiger partial charge in [-0.25, -0.2) is 0 Å². The normalized spacial score (nSPS) is 9.81. The quantitative estimate of drug-likeness (QED) is 0.392. The van der Waals surface area contributed by atoms with Crippen molar-refractivity contribution in [3.8, 4) is 5.75 Å². The van der Waals surface area contributed by atoms with Crippen LogP contribution < -0.4 is 20.9 Å². The number of thiocarbonyl (C=S) groups is 1. The van der Waals surface area contributed by atoms with Gasteiger partial charge in [-0.1, -0.05) is 11.6 Å². The molecule has 0 saturated carbocycles. The molecule has 0 atom stereocenters. The van der Waals surface area contributed by atoms with Gasteiger partial charge in [0.2, 0.25) is 0 Å². The van der Waals surface area contributed by atoms with Crippen molar-refractivity contribution in [2.75, 3.05) is 6.61 Å². The number of carbonyl (C=O) groups excluding carboxylic acids is 2. The van der Waals surface area contributed by atoms with Crippen LogP contribution in [-0.4, -0.2) is 28.5 Å². The average molecular weight is 409 g/mol. The second kappa shape index (κ2) is 9.46. The van der Waals surface area contributed by atoms with E-state index in [0.717, 1.165) is 0 Å². The molecule has 0 aliphatic heterocycles. The van der Waals surface area contributed by atoms with Crippen LogP contribution in [0.5, 0.6) is 5.75 Å². The van der Waals surface area contributed by atoms with Crippen LogP contribution in [-0.2, 0) is 4.79 Å². The Hall–Kier alpha value is -3.24. The molecule has 0 unspecified atom stereocenters. The maximum absolute atomic E-state index is 11.9. The van der Waals surface area contributed by atoms with Gasteiger partial charge < -0.3 is 4.74 Å². The van der Waals surface area contributed by atoms with Gasteiger partial charge in [0.15, 0.2) is 11.7 Å². The van der Waals surface area contributed by atoms with Crippen molar-refractivity contribution in [1.82, 2.24) is 16.2 Å². The zero-order valence-electron chi connectivity index (χ0n) is 13.6. The number of hydrogen-bond donors (Lipinski definition) is 3. The van der Waals surface area contributed by atoms with Gasteiger partial charge in [0, 0.05) is 22.7 Å². The molecule has 0 bridgehead atoms. The Bertz CT molecular complexity index is 858. The maximum atomic E-state index is 11.9. The molecule has 2 aromatic carbocycles. The summed E-state index contributed by atoms with van der Waals surface area (Å²) in [7, 11) is 0. The standard InChI is InChI=1S/C16H13ClN4O5S/c17-11-3-1-10(2-4-11)15(23)19-20-16(27)18-14(22)9-26-13-7-5-12(6-8-13)21(24)25/h1-8H,9H2,(H,19,23)(H2,18,20,22,27). The number of nitrogens with one attached hydrogen (secondary N) is 3. The van der Waals surface area contributed by atoms with Crippen LogP contribution in [0.25, 0.3) is 0 Å². The first-order valence-electron chi connectivity index (χ1n) is 7.38. The summed E-state index contributed by atoms with van der Waals surface area (Å²) in [5.41, 5.74) is 4.96. The van der Waals surface area contributed by atoms with Crippen molar-refractivity contribution in [1.29, 1.82) is 0 Å². The van der Waals surface area contributed by atoms with E-state index >= 15 is 0 Å². The molecule has 2 aromatic rings. The van der Waals surface area contributed by atoms with Crippen LogP contribution in [0.15, 0.2) is 48.5 Å². The molecule has 140 valence electrons. The van der Waals surface area contributed by atoms with E-state index in [2.05, 4.69) is 16.2 Å². The summed E-state index contributed by atoms with van der Waals surface area (Å²) in [6.45, 7) is -0.370. The van der Waals surface area contributed by atoms with E-state index in [0.29, 0.717) is 10.6 Å². The molecule has 27 heavy (non-hydrogen) atoms. The number of benzene rings is 2. The van der Waals surface area contributed by atoms with Crippen LogP contribution >= 0.6 is 23.8 Å². The number of hydrazine groups is 1. The minimum Gasteiger partial charge on any atom is -0.484 e. The minimum absolute atomic E-state index is 0.0893. The van der Waals surface area contributed by atoms with Gasteiger partial charge >= 0.3 is 0 Å². The van der Waals surface area contributed by atoms with Crippen LogP contribution in [0, 0.1) is 10.1 Å². The SMILES string of the molecule is O=C(COc1ccc([N+](=O)[O-])cc1)NC(=S)NNC(=O)c1ccc(Cl)cc1. The highest BCUT2D eigenvalue weighted by atomic mass is 35.5. The molecule has 11 heteroatoms. The molecule has 0 spiro atoms. The fraction of sp³-hybridized carbons (Fsp3) is 0.0625. The summed E-state index contributed by atoms with van der Waals surface area (Å²) < 4.78 is 5.19. The lowest BCUT2D eigenvalue weighted by Crippen LogP contribution is -2.49. The minimum atomic E-state index is -0.577. The van der Waals surface area contributed by atoms with Crippen molar-refractivity contribution in [2.45, 2.75) is 0 Å². The van der Waals surface area contributed by atoms with E-state index in [1.807, 2.05) is 0 Å². The molecule has 0 fully saturated rings. The molecule has 0 radical (unpaired) electrons. The average Bonchev–Trinajstić information content (AvgIpc) is 2.65. The Kier molecular flexibility index (Phi) is 7.03. The van der Waals surface area contributed by atoms with E-state index in [9.17, 15) is 19.7 Å². The molecule has 0 aliphatic rings. The van der Waals surface area contributed by atoms with Crippen molar-refractivity contribution in [3.05, 3.63) is 69.2 Å². The monoisotopic (exact) mass is 408 g/mol. The van der Waals surface area contributed by atoms with Crippen molar-refractivity contribution in [2.24, 2.45) is 0 Å². The van der Waals surface area contributed by atoms with Crippen LogP contribution in [0.4, 0.5) is 5.69 Å². The molecular weight excluding hydrogens is 396 g/mol. The van der Waals surface area contributed by atoms with E-state index in [1.54, 1.807) is 12.1 Å². The zero-order valence-corrected chi connectivity index (χ0v) is 15.2. The maximum Gasteiger partial charge on any atom is 0.269 e. The highest BCUT2D eigenvalue weighted by Crippen LogP contribution is 2.17. The Balaban J connectivity index is 1.73. The van der Waals surface area contributed by atoms with Gasteiger partial charge in [0.05, 0.1) is 4.92 Å². The smallest absolute Gasteiger partial charge is 0.269 e. The first kappa shape index (κ1) is 20.1. The molecule has 2 rings (SSSR count). The van der Waals surface area contributed by atoms with E-state index in [-0.39, 0.29) is 23.2 Å². The summed E-state index contributed by atoms with van der Waals surface area (Å²) in [4.78, 5) is 33.6. The number of carbonyl (C=O) groups is 2. The fourth-order valence-electron chi connectivity index (χ4n) is 1.79. The lowest BCUT2D eigenvalue weighted by Gasteiger charge is -2.11. The summed E-state index contributed by atoms with van der Waals surface area (Å²) in [6.07, 6.45) is 0. The first-order chi connectivity index (χ1) is 12.8. The number of rotatable bonds is 5. The van der Waals surface area contributed by atoms with Gasteiger partial charge in [-0.15, -0.1) is 0 Å². The van der Waals surface area contributed by atoms with Gasteiger partial charge in [-0.2, -0.15) is 0 Å². The predicted molar refractivity (Wildman–Crippen MR) is 101 cm³/mol. The number of hydrogen-bond acceptors (Lipinski definition) is 6. The summed E-state index contributed by atoms with van der Waals surface area (Å²) >= 11 is 10.6. The Morgan fingerprint density at radius 3 is 2.30 bits per heavy atom. The third-order valence-electron chi connectivity index (χ3n) is 3.07. The fourth-order valence-corrected chi connectivity index (χ4v) is 2.08. The van der Waals surface area contributed by atoms with Gasteiger partial charge in [-0.05, 0) is 48.6 Å². The molecule has 0 aromatic heterocycles. The third-order valence-corrected chi connectivity index (χ3v) is 3.52. The van der Waals surface area contributed by atoms with Gasteiger partial charge in [-0.3, -0.25) is 35.9 Å². The molecule has 0 aliphatic carbocycles. The van der Waals surface area contributed by atoms with Crippen LogP contribution in [0.3, 0.4) is 0 Å². The predicted octanol–water partition coefficient (Wildman–Crippen LogP) is 1.96. The number of ether oxygens (including phenoxy) is 1. The summed E-state index contributed by atoms with van der Waals surface area (Å²) in [5, 5.41) is 13.2. The summed E-state index contributed by atoms with van der Waals surface area (Å²) in [6, 6.07) is 11.4. The molecule has 9 nitrogen and oxygen atoms in total. The van der Waals surface area contributed by atoms with Crippen molar-refractivity contribution >= 4 is 46.4 Å². The van der Waals surface area contributed by atoms with E-state index < -0.39 is 16.7 Å². The molecular formula is C16H13ClN4O5S. The van der Waals surface area contributed by atoms with E-state index in [1.165, 1.54) is 36.4 Å². The van der Waals surface area contributed by atoms with Crippen molar-refractivity contribution < 1.29 is 19.2 Å². The van der Waals surface area contributed by atoms with E-state index in [4.69, 9.17) is 28.6 Å². The van der Waals surface area contributed by atoms with Crippen molar-refractivity contribution in [3.63, 3.8) is 0 Å². The highest BCUT2D eigenvalue weighted by molar-refractivity contribution is 7.80. The van der Waals surface area contributed by atoms with Crippen LogP contribution in [0.2, 0.25) is 5.02 Å². The number of non-ortho nitro benzene ring substituents is 1. The lowest BCUT2D eigenvalue weighted by molar-refractivity contribution is -0.384. The van der Waals surface area contributed by atoms with Gasteiger partial charge in [0.25, 0.3) is 17.5 Å². The summed E-state index contributed by atoms with van der Waals surface area (Å²) in [5.74, 6) is -0.761. The number of amides is 2. The number of halogens is 1. The largest absolute Gasteiger partial charge is 0.484 e. The number of nitrogens with zero attached hydrogens (tertiary/aromatic N) is 1. The molecule has 0 saturated heterocycles. The second-order valence-electron chi connectivity index (χ2n) is 5.00. The first-order valence-corrected chi connectivity index (χ1v) is 8.17.